The standard InChI is InChI=1S/C20H27N3O/c1-2-22-13-17(12-21-22)14-23-18-8-9-19(23)20(11-18,15-24)10-16-6-4-3-5-7-16/h3-7,12-13,18-19,24H,2,8-11,14-15H2,1H3/t18-,19+,20-/m0/s1. The molecule has 3 heterocycles. The molecular weight excluding hydrogens is 298 g/mol. The predicted octanol–water partition coefficient (Wildman–Crippen LogP) is 2.86. The fourth-order valence-electron chi connectivity index (χ4n) is 4.95. The lowest BCUT2D eigenvalue weighted by molar-refractivity contribution is 0.0750. The molecule has 1 aromatic carbocycles. The summed E-state index contributed by atoms with van der Waals surface area (Å²) in [6.07, 6.45) is 8.74. The highest BCUT2D eigenvalue weighted by Crippen LogP contribution is 2.51. The molecule has 2 aliphatic rings. The Kier molecular flexibility index (Phi) is 4.19. The fraction of sp³-hybridized carbons (Fsp3) is 0.550. The fourth-order valence-corrected chi connectivity index (χ4v) is 4.95. The van der Waals surface area contributed by atoms with E-state index in [0.29, 0.717) is 12.1 Å². The van der Waals surface area contributed by atoms with Crippen LogP contribution in [0.25, 0.3) is 0 Å². The van der Waals surface area contributed by atoms with Crippen molar-refractivity contribution < 1.29 is 5.11 Å². The minimum atomic E-state index is 0.0189. The largest absolute Gasteiger partial charge is 0.396 e. The highest BCUT2D eigenvalue weighted by molar-refractivity contribution is 5.21. The zero-order valence-electron chi connectivity index (χ0n) is 14.4. The van der Waals surface area contributed by atoms with Crippen LogP contribution >= 0.6 is 0 Å². The van der Waals surface area contributed by atoms with E-state index in [9.17, 15) is 5.11 Å². The molecule has 24 heavy (non-hydrogen) atoms. The van der Waals surface area contributed by atoms with Crippen LogP contribution in [0.4, 0.5) is 0 Å². The van der Waals surface area contributed by atoms with Crippen LogP contribution in [-0.4, -0.2) is 38.5 Å². The third-order valence-corrected chi connectivity index (χ3v) is 6.08. The summed E-state index contributed by atoms with van der Waals surface area (Å²) in [4.78, 5) is 2.64. The molecule has 3 atom stereocenters. The lowest BCUT2D eigenvalue weighted by Crippen LogP contribution is -2.41. The van der Waals surface area contributed by atoms with Crippen LogP contribution in [-0.2, 0) is 19.5 Å². The van der Waals surface area contributed by atoms with Gasteiger partial charge in [-0.25, -0.2) is 0 Å². The van der Waals surface area contributed by atoms with E-state index in [4.69, 9.17) is 0 Å². The van der Waals surface area contributed by atoms with Crippen molar-refractivity contribution in [3.63, 3.8) is 0 Å². The van der Waals surface area contributed by atoms with Gasteiger partial charge in [-0.2, -0.15) is 5.10 Å². The highest BCUT2D eigenvalue weighted by Gasteiger charge is 2.55. The third-order valence-electron chi connectivity index (χ3n) is 6.08. The van der Waals surface area contributed by atoms with E-state index < -0.39 is 0 Å². The Morgan fingerprint density at radius 3 is 2.75 bits per heavy atom. The topological polar surface area (TPSA) is 41.3 Å². The summed E-state index contributed by atoms with van der Waals surface area (Å²) < 4.78 is 2.00. The second-order valence-corrected chi connectivity index (χ2v) is 7.51. The summed E-state index contributed by atoms with van der Waals surface area (Å²) in [7, 11) is 0. The second-order valence-electron chi connectivity index (χ2n) is 7.51. The van der Waals surface area contributed by atoms with Crippen molar-refractivity contribution in [3.05, 3.63) is 53.9 Å². The van der Waals surface area contributed by atoms with Gasteiger partial charge in [-0.3, -0.25) is 9.58 Å². The number of hydrogen-bond donors (Lipinski definition) is 1. The number of nitrogens with zero attached hydrogens (tertiary/aromatic N) is 3. The van der Waals surface area contributed by atoms with E-state index >= 15 is 0 Å². The van der Waals surface area contributed by atoms with Crippen molar-refractivity contribution in [1.82, 2.24) is 14.7 Å². The lowest BCUT2D eigenvalue weighted by Gasteiger charge is -2.36. The zero-order valence-corrected chi connectivity index (χ0v) is 14.4. The van der Waals surface area contributed by atoms with Gasteiger partial charge in [0.25, 0.3) is 0 Å². The van der Waals surface area contributed by atoms with Crippen LogP contribution in [0, 0.1) is 5.41 Å². The maximum Gasteiger partial charge on any atom is 0.0534 e. The summed E-state index contributed by atoms with van der Waals surface area (Å²) in [6.45, 7) is 4.29. The first-order valence-corrected chi connectivity index (χ1v) is 9.16. The van der Waals surface area contributed by atoms with Gasteiger partial charge in [-0.05, 0) is 38.2 Å². The van der Waals surface area contributed by atoms with Crippen molar-refractivity contribution in [2.75, 3.05) is 6.61 Å². The molecule has 0 radical (unpaired) electrons. The Balaban J connectivity index is 1.54. The summed E-state index contributed by atoms with van der Waals surface area (Å²) in [5.41, 5.74) is 2.66. The molecule has 2 bridgehead atoms. The summed E-state index contributed by atoms with van der Waals surface area (Å²) in [6, 6.07) is 11.7. The Hall–Kier alpha value is -1.65. The molecule has 4 rings (SSSR count). The summed E-state index contributed by atoms with van der Waals surface area (Å²) in [5.74, 6) is 0. The normalized spacial score (nSPS) is 29.4. The molecule has 128 valence electrons. The average molecular weight is 325 g/mol. The number of aryl methyl sites for hydroxylation is 1. The van der Waals surface area contributed by atoms with E-state index in [2.05, 4.69) is 53.5 Å². The van der Waals surface area contributed by atoms with Crippen molar-refractivity contribution in [3.8, 4) is 0 Å². The molecule has 4 nitrogen and oxygen atoms in total. The number of aliphatic hydroxyl groups is 1. The van der Waals surface area contributed by atoms with Crippen LogP contribution in [0.1, 0.15) is 37.3 Å². The van der Waals surface area contributed by atoms with Gasteiger partial charge in [0, 0.05) is 42.3 Å². The van der Waals surface area contributed by atoms with E-state index in [1.807, 2.05) is 10.9 Å². The molecule has 1 aromatic heterocycles. The number of hydrogen-bond acceptors (Lipinski definition) is 3. The van der Waals surface area contributed by atoms with Gasteiger partial charge in [0.15, 0.2) is 0 Å². The Morgan fingerprint density at radius 2 is 2.04 bits per heavy atom. The molecule has 0 unspecified atom stereocenters. The van der Waals surface area contributed by atoms with Gasteiger partial charge in [-0.1, -0.05) is 30.3 Å². The first-order chi connectivity index (χ1) is 11.7. The number of aromatic nitrogens is 2. The molecule has 2 fully saturated rings. The maximum absolute atomic E-state index is 10.3. The van der Waals surface area contributed by atoms with Crippen molar-refractivity contribution in [2.24, 2.45) is 5.41 Å². The van der Waals surface area contributed by atoms with E-state index in [1.165, 1.54) is 24.0 Å². The van der Waals surface area contributed by atoms with Gasteiger partial charge in [0.1, 0.15) is 0 Å². The van der Waals surface area contributed by atoms with Gasteiger partial charge >= 0.3 is 0 Å². The number of rotatable bonds is 6. The van der Waals surface area contributed by atoms with Crippen LogP contribution in [0.15, 0.2) is 42.7 Å². The summed E-state index contributed by atoms with van der Waals surface area (Å²) >= 11 is 0. The Bertz CT molecular complexity index is 683. The van der Waals surface area contributed by atoms with E-state index in [-0.39, 0.29) is 12.0 Å². The molecule has 0 amide bonds. The van der Waals surface area contributed by atoms with Gasteiger partial charge in [0.2, 0.25) is 0 Å². The quantitative estimate of drug-likeness (QED) is 0.888. The monoisotopic (exact) mass is 325 g/mol. The smallest absolute Gasteiger partial charge is 0.0534 e. The molecule has 0 spiro atoms. The van der Waals surface area contributed by atoms with Gasteiger partial charge < -0.3 is 5.11 Å². The first kappa shape index (κ1) is 15.9. The zero-order chi connectivity index (χ0) is 16.6. The molecule has 2 aliphatic heterocycles. The molecule has 0 saturated carbocycles. The van der Waals surface area contributed by atoms with E-state index in [1.54, 1.807) is 0 Å². The van der Waals surface area contributed by atoms with Crippen LogP contribution in [0.3, 0.4) is 0 Å². The highest BCUT2D eigenvalue weighted by atomic mass is 16.3. The SMILES string of the molecule is CCn1cc(CN2[C@H]3CC[C@@H]2[C@@](CO)(Cc2ccccc2)C3)cn1. The van der Waals surface area contributed by atoms with Gasteiger partial charge in [-0.15, -0.1) is 0 Å². The molecule has 4 heteroatoms. The number of fused-ring (bicyclic) bond motifs is 2. The molecular formula is C20H27N3O. The van der Waals surface area contributed by atoms with Crippen molar-refractivity contribution in [1.29, 1.82) is 0 Å². The van der Waals surface area contributed by atoms with Crippen molar-refractivity contribution in [2.45, 2.75) is 57.8 Å². The Morgan fingerprint density at radius 1 is 1.21 bits per heavy atom. The average Bonchev–Trinajstić information content (AvgIpc) is 3.30. The van der Waals surface area contributed by atoms with Crippen molar-refractivity contribution >= 4 is 0 Å². The van der Waals surface area contributed by atoms with Crippen LogP contribution in [0.5, 0.6) is 0 Å². The molecule has 2 aromatic rings. The van der Waals surface area contributed by atoms with E-state index in [0.717, 1.165) is 25.9 Å². The predicted molar refractivity (Wildman–Crippen MR) is 94.5 cm³/mol. The minimum Gasteiger partial charge on any atom is -0.396 e. The number of aliphatic hydroxyl groups excluding tert-OH is 1. The molecule has 0 aliphatic carbocycles. The third kappa shape index (κ3) is 2.68. The maximum atomic E-state index is 10.3. The first-order valence-electron chi connectivity index (χ1n) is 9.16. The lowest BCUT2D eigenvalue weighted by atomic mass is 9.70. The summed E-state index contributed by atoms with van der Waals surface area (Å²) in [5, 5.41) is 14.7. The van der Waals surface area contributed by atoms with Crippen LogP contribution in [0.2, 0.25) is 0 Å². The minimum absolute atomic E-state index is 0.0189. The van der Waals surface area contributed by atoms with Gasteiger partial charge in [0.05, 0.1) is 12.8 Å². The second kappa shape index (κ2) is 6.34. The molecule has 1 N–H and O–H groups in total. The van der Waals surface area contributed by atoms with Crippen LogP contribution < -0.4 is 0 Å². The Labute approximate surface area is 144 Å². The molecule has 2 saturated heterocycles. The number of benzene rings is 1.